The van der Waals surface area contributed by atoms with Crippen molar-refractivity contribution in [2.75, 3.05) is 0 Å². The first-order valence-electron chi connectivity index (χ1n) is 7.96. The zero-order valence-corrected chi connectivity index (χ0v) is 13.9. The third kappa shape index (κ3) is 7.84. The van der Waals surface area contributed by atoms with Crippen molar-refractivity contribution < 1.29 is 0 Å². The van der Waals surface area contributed by atoms with Gasteiger partial charge in [-0.2, -0.15) is 0 Å². The molecule has 0 aliphatic rings. The van der Waals surface area contributed by atoms with Crippen molar-refractivity contribution >= 4 is 0 Å². The highest BCUT2D eigenvalue weighted by molar-refractivity contribution is 4.72. The molecule has 0 aromatic carbocycles. The number of hydrogen-bond acceptors (Lipinski definition) is 0. The molecule has 0 amide bonds. The molecule has 2 unspecified atom stereocenters. The van der Waals surface area contributed by atoms with Crippen LogP contribution in [-0.4, -0.2) is 0 Å². The SMILES string of the molecule is CCC(C)C(C)CC.CCC(CC)(CC)CC. The lowest BCUT2D eigenvalue weighted by atomic mass is 9.78. The van der Waals surface area contributed by atoms with Gasteiger partial charge in [-0.1, -0.05) is 93.9 Å². The van der Waals surface area contributed by atoms with E-state index in [0.29, 0.717) is 5.41 Å². The second-order valence-corrected chi connectivity index (χ2v) is 5.69. The summed E-state index contributed by atoms with van der Waals surface area (Å²) < 4.78 is 0. The molecule has 17 heavy (non-hydrogen) atoms. The Hall–Kier alpha value is 0. The summed E-state index contributed by atoms with van der Waals surface area (Å²) in [5, 5.41) is 0. The Morgan fingerprint density at radius 2 is 0.824 bits per heavy atom. The highest BCUT2D eigenvalue weighted by Crippen LogP contribution is 2.33. The van der Waals surface area contributed by atoms with Gasteiger partial charge in [0.1, 0.15) is 0 Å². The van der Waals surface area contributed by atoms with Crippen LogP contribution in [0.3, 0.4) is 0 Å². The molecule has 0 aliphatic heterocycles. The summed E-state index contributed by atoms with van der Waals surface area (Å²) in [5.74, 6) is 1.83. The van der Waals surface area contributed by atoms with Crippen LogP contribution in [0.25, 0.3) is 0 Å². The maximum atomic E-state index is 2.33. The van der Waals surface area contributed by atoms with E-state index in [1.807, 2.05) is 0 Å². The molecule has 0 saturated heterocycles. The second kappa shape index (κ2) is 11.1. The fourth-order valence-corrected chi connectivity index (χ4v) is 2.30. The smallest absolute Gasteiger partial charge is 0.0308 e. The van der Waals surface area contributed by atoms with E-state index in [-0.39, 0.29) is 0 Å². The van der Waals surface area contributed by atoms with Gasteiger partial charge >= 0.3 is 0 Å². The summed E-state index contributed by atoms with van der Waals surface area (Å²) in [6.07, 6.45) is 8.03. The van der Waals surface area contributed by atoms with E-state index in [0.717, 1.165) is 11.8 Å². The molecule has 0 aromatic heterocycles. The molecule has 106 valence electrons. The van der Waals surface area contributed by atoms with Crippen molar-refractivity contribution in [2.24, 2.45) is 17.3 Å². The molecule has 0 saturated carbocycles. The van der Waals surface area contributed by atoms with E-state index >= 15 is 0 Å². The zero-order valence-electron chi connectivity index (χ0n) is 13.9. The monoisotopic (exact) mass is 242 g/mol. The van der Waals surface area contributed by atoms with Crippen molar-refractivity contribution in [3.05, 3.63) is 0 Å². The number of rotatable bonds is 7. The molecule has 0 nitrogen and oxygen atoms in total. The average Bonchev–Trinajstić information content (AvgIpc) is 2.41. The van der Waals surface area contributed by atoms with E-state index in [9.17, 15) is 0 Å². The van der Waals surface area contributed by atoms with Crippen LogP contribution in [0, 0.1) is 17.3 Å². The Kier molecular flexibility index (Phi) is 12.6. The lowest BCUT2D eigenvalue weighted by molar-refractivity contribution is 0.240. The molecule has 0 aliphatic carbocycles. The van der Waals surface area contributed by atoms with Gasteiger partial charge in [-0.05, 0) is 17.3 Å². The van der Waals surface area contributed by atoms with Gasteiger partial charge in [-0.15, -0.1) is 0 Å². The van der Waals surface area contributed by atoms with Gasteiger partial charge in [-0.25, -0.2) is 0 Å². The van der Waals surface area contributed by atoms with E-state index in [2.05, 4.69) is 55.4 Å². The Bertz CT molecular complexity index is 119. The van der Waals surface area contributed by atoms with Crippen LogP contribution in [0.5, 0.6) is 0 Å². The van der Waals surface area contributed by atoms with Crippen molar-refractivity contribution in [2.45, 2.75) is 93.9 Å². The zero-order chi connectivity index (χ0) is 13.9. The van der Waals surface area contributed by atoms with Crippen LogP contribution in [0.2, 0.25) is 0 Å². The maximum Gasteiger partial charge on any atom is -0.0308 e. The fourth-order valence-electron chi connectivity index (χ4n) is 2.30. The lowest BCUT2D eigenvalue weighted by Crippen LogP contribution is -2.15. The lowest BCUT2D eigenvalue weighted by Gasteiger charge is -2.28. The molecule has 2 atom stereocenters. The van der Waals surface area contributed by atoms with E-state index in [1.54, 1.807) is 0 Å². The van der Waals surface area contributed by atoms with E-state index < -0.39 is 0 Å². The molecular weight excluding hydrogens is 204 g/mol. The van der Waals surface area contributed by atoms with Gasteiger partial charge in [-0.3, -0.25) is 0 Å². The highest BCUT2D eigenvalue weighted by atomic mass is 14.3. The van der Waals surface area contributed by atoms with Gasteiger partial charge in [0.25, 0.3) is 0 Å². The van der Waals surface area contributed by atoms with Crippen LogP contribution in [-0.2, 0) is 0 Å². The standard InChI is InChI=1S/C9H20.C8H18/c1-5-9(6-2,7-3)8-4;1-5-7(3)8(4)6-2/h5-8H2,1-4H3;7-8H,5-6H2,1-4H3. The molecule has 0 heterocycles. The van der Waals surface area contributed by atoms with Crippen molar-refractivity contribution in [3.8, 4) is 0 Å². The summed E-state index contributed by atoms with van der Waals surface area (Å²) in [4.78, 5) is 0. The molecule has 0 bridgehead atoms. The van der Waals surface area contributed by atoms with Crippen LogP contribution < -0.4 is 0 Å². The fraction of sp³-hybridized carbons (Fsp3) is 1.00. The minimum Gasteiger partial charge on any atom is -0.0651 e. The van der Waals surface area contributed by atoms with Gasteiger partial charge < -0.3 is 0 Å². The van der Waals surface area contributed by atoms with Crippen molar-refractivity contribution in [1.29, 1.82) is 0 Å². The molecule has 0 spiro atoms. The Morgan fingerprint density at radius 3 is 0.882 bits per heavy atom. The van der Waals surface area contributed by atoms with Crippen LogP contribution in [0.1, 0.15) is 93.9 Å². The molecule has 0 N–H and O–H groups in total. The third-order valence-electron chi connectivity index (χ3n) is 5.26. The summed E-state index contributed by atoms with van der Waals surface area (Å²) in [5.41, 5.74) is 0.667. The second-order valence-electron chi connectivity index (χ2n) is 5.69. The molecular formula is C17H38. The molecule has 0 fully saturated rings. The topological polar surface area (TPSA) is 0 Å². The Balaban J connectivity index is 0. The minimum absolute atomic E-state index is 0.667. The summed E-state index contributed by atoms with van der Waals surface area (Å²) in [6.45, 7) is 18.4. The Morgan fingerprint density at radius 1 is 0.588 bits per heavy atom. The quantitative estimate of drug-likeness (QED) is 0.466. The summed E-state index contributed by atoms with van der Waals surface area (Å²) >= 11 is 0. The molecule has 0 rings (SSSR count). The first-order chi connectivity index (χ1) is 7.96. The normalized spacial score (nSPS) is 14.8. The first kappa shape index (κ1) is 19.3. The van der Waals surface area contributed by atoms with Crippen LogP contribution in [0.4, 0.5) is 0 Å². The predicted molar refractivity (Wildman–Crippen MR) is 82.5 cm³/mol. The van der Waals surface area contributed by atoms with Crippen molar-refractivity contribution in [3.63, 3.8) is 0 Å². The van der Waals surface area contributed by atoms with Crippen LogP contribution in [0.15, 0.2) is 0 Å². The van der Waals surface area contributed by atoms with E-state index in [4.69, 9.17) is 0 Å². The third-order valence-corrected chi connectivity index (χ3v) is 5.26. The Labute approximate surface area is 112 Å². The van der Waals surface area contributed by atoms with Crippen molar-refractivity contribution in [1.82, 2.24) is 0 Å². The number of hydrogen-bond donors (Lipinski definition) is 0. The van der Waals surface area contributed by atoms with Gasteiger partial charge in [0.15, 0.2) is 0 Å². The first-order valence-corrected chi connectivity index (χ1v) is 7.96. The minimum atomic E-state index is 0.667. The average molecular weight is 242 g/mol. The van der Waals surface area contributed by atoms with Gasteiger partial charge in [0, 0.05) is 0 Å². The van der Waals surface area contributed by atoms with Gasteiger partial charge in [0.2, 0.25) is 0 Å². The molecule has 0 radical (unpaired) electrons. The highest BCUT2D eigenvalue weighted by Gasteiger charge is 2.20. The predicted octanol–water partition coefficient (Wildman–Crippen LogP) is 6.69. The maximum absolute atomic E-state index is 2.33. The van der Waals surface area contributed by atoms with Crippen LogP contribution >= 0.6 is 0 Å². The van der Waals surface area contributed by atoms with Gasteiger partial charge in [0.05, 0.1) is 0 Å². The van der Waals surface area contributed by atoms with E-state index in [1.165, 1.54) is 38.5 Å². The largest absolute Gasteiger partial charge is 0.0651 e. The molecule has 0 heteroatoms. The summed E-state index contributed by atoms with van der Waals surface area (Å²) in [6, 6.07) is 0. The summed E-state index contributed by atoms with van der Waals surface area (Å²) in [7, 11) is 0. The molecule has 0 aromatic rings.